The topological polar surface area (TPSA) is 129 Å². The third kappa shape index (κ3) is 5.98. The van der Waals surface area contributed by atoms with Gasteiger partial charge in [-0.15, -0.1) is 0 Å². The number of ether oxygens (including phenoxy) is 3. The van der Waals surface area contributed by atoms with Gasteiger partial charge in [-0.3, -0.25) is 14.4 Å². The Morgan fingerprint density at radius 3 is 2.33 bits per heavy atom. The number of carbonyl (C=O) groups excluding carboxylic acids is 3. The second-order valence-corrected chi connectivity index (χ2v) is 15.6. The summed E-state index contributed by atoms with van der Waals surface area (Å²) < 4.78 is 17.5. The monoisotopic (exact) mass is 634 g/mol. The van der Waals surface area contributed by atoms with Gasteiger partial charge in [0.1, 0.15) is 12.2 Å². The zero-order valence-corrected chi connectivity index (χ0v) is 28.7. The lowest BCUT2D eigenvalue weighted by Gasteiger charge is -2.65. The Morgan fingerprint density at radius 1 is 1.02 bits per heavy atom. The first-order chi connectivity index (χ1) is 21.8. The van der Waals surface area contributed by atoms with E-state index >= 15 is 0 Å². The summed E-state index contributed by atoms with van der Waals surface area (Å²) in [6.07, 6.45) is 7.24. The third-order valence-corrected chi connectivity index (χ3v) is 13.5. The van der Waals surface area contributed by atoms with Gasteiger partial charge in [0.05, 0.1) is 13.2 Å². The third-order valence-electron chi connectivity index (χ3n) is 13.5. The first-order valence-corrected chi connectivity index (χ1v) is 17.4. The van der Waals surface area contributed by atoms with Crippen LogP contribution in [-0.2, 0) is 40.6 Å². The normalized spacial score (nSPS) is 38.7. The zero-order chi connectivity index (χ0) is 33.4. The maximum absolute atomic E-state index is 12.7. The van der Waals surface area contributed by atoms with Gasteiger partial charge < -0.3 is 19.9 Å². The van der Waals surface area contributed by atoms with Crippen LogP contribution in [0.4, 0.5) is 0 Å². The molecule has 0 heterocycles. The second-order valence-electron chi connectivity index (χ2n) is 15.6. The molecule has 0 radical (unpaired) electrons. The molecule has 0 aliphatic heterocycles. The van der Waals surface area contributed by atoms with E-state index in [1.807, 2.05) is 0 Å². The van der Waals surface area contributed by atoms with Crippen molar-refractivity contribution >= 4 is 17.9 Å². The van der Waals surface area contributed by atoms with E-state index < -0.39 is 0 Å². The van der Waals surface area contributed by atoms with E-state index in [1.165, 1.54) is 26.5 Å². The largest absolute Gasteiger partial charge is 0.469 e. The van der Waals surface area contributed by atoms with Crippen LogP contribution in [-0.4, -0.2) is 37.2 Å². The fraction of sp³-hybridized carbons (Fsp3) is 0.737. The molecule has 4 aliphatic carbocycles. The SMILES string of the molecule is COC(=O)CC[C@@H](C)[C@H]1CC[C@H]2[C@@H]3[C@H](OC(C)=O)C[C@@H]4C[C@](CC#N)(c5ccc(CN)cc5)CC[C@]4(C)[C@H]3C[C@H](OC(C)=O)[C@]12C. The summed E-state index contributed by atoms with van der Waals surface area (Å²) in [6, 6.07) is 11.0. The first-order valence-electron chi connectivity index (χ1n) is 17.4. The van der Waals surface area contributed by atoms with E-state index in [4.69, 9.17) is 19.9 Å². The summed E-state index contributed by atoms with van der Waals surface area (Å²) in [5.41, 5.74) is 7.53. The number of benzene rings is 1. The summed E-state index contributed by atoms with van der Waals surface area (Å²) >= 11 is 0. The average Bonchev–Trinajstić information content (AvgIpc) is 3.38. The van der Waals surface area contributed by atoms with Crippen LogP contribution in [0.1, 0.15) is 110 Å². The van der Waals surface area contributed by atoms with E-state index in [2.05, 4.69) is 51.1 Å². The molecule has 8 heteroatoms. The van der Waals surface area contributed by atoms with Crippen molar-refractivity contribution in [2.24, 2.45) is 52.1 Å². The van der Waals surface area contributed by atoms with Crippen molar-refractivity contribution in [1.82, 2.24) is 0 Å². The Kier molecular flexibility index (Phi) is 9.95. The molecule has 4 aliphatic rings. The summed E-state index contributed by atoms with van der Waals surface area (Å²) in [7, 11) is 1.43. The lowest BCUT2D eigenvalue weighted by atomic mass is 9.41. The van der Waals surface area contributed by atoms with Gasteiger partial charge in [0.25, 0.3) is 0 Å². The van der Waals surface area contributed by atoms with Crippen molar-refractivity contribution < 1.29 is 28.6 Å². The number of nitriles is 1. The molecule has 0 saturated heterocycles. The number of fused-ring (bicyclic) bond motifs is 5. The van der Waals surface area contributed by atoms with Crippen LogP contribution < -0.4 is 5.73 Å². The van der Waals surface area contributed by atoms with E-state index in [1.54, 1.807) is 0 Å². The Bertz CT molecular complexity index is 1340. The van der Waals surface area contributed by atoms with E-state index in [9.17, 15) is 19.6 Å². The van der Waals surface area contributed by atoms with Crippen molar-refractivity contribution in [2.45, 2.75) is 123 Å². The Hall–Kier alpha value is -2.92. The highest BCUT2D eigenvalue weighted by Crippen LogP contribution is 2.70. The van der Waals surface area contributed by atoms with Crippen LogP contribution in [0.25, 0.3) is 0 Å². The highest BCUT2D eigenvalue weighted by atomic mass is 16.5. The van der Waals surface area contributed by atoms with Gasteiger partial charge in [0.15, 0.2) is 0 Å². The predicted molar refractivity (Wildman–Crippen MR) is 174 cm³/mol. The summed E-state index contributed by atoms with van der Waals surface area (Å²) in [4.78, 5) is 37.4. The van der Waals surface area contributed by atoms with Crippen LogP contribution in [0.2, 0.25) is 0 Å². The minimum atomic E-state index is -0.298. The number of hydrogen-bond acceptors (Lipinski definition) is 8. The molecule has 0 spiro atoms. The number of carbonyl (C=O) groups is 3. The molecule has 0 amide bonds. The summed E-state index contributed by atoms with van der Waals surface area (Å²) in [5, 5.41) is 10.1. The number of hydrogen-bond donors (Lipinski definition) is 1. The molecule has 0 unspecified atom stereocenters. The molecule has 252 valence electrons. The maximum atomic E-state index is 12.7. The molecule has 0 bridgehead atoms. The van der Waals surface area contributed by atoms with Gasteiger partial charge in [0, 0.05) is 50.0 Å². The number of rotatable bonds is 9. The summed E-state index contributed by atoms with van der Waals surface area (Å²) in [5.74, 6) is 0.626. The van der Waals surface area contributed by atoms with Crippen molar-refractivity contribution in [3.8, 4) is 6.07 Å². The molecule has 11 atom stereocenters. The fourth-order valence-corrected chi connectivity index (χ4v) is 11.2. The van der Waals surface area contributed by atoms with Gasteiger partial charge >= 0.3 is 17.9 Å². The average molecular weight is 635 g/mol. The zero-order valence-electron chi connectivity index (χ0n) is 28.7. The number of methoxy groups -OCH3 is 1. The molecule has 8 nitrogen and oxygen atoms in total. The van der Waals surface area contributed by atoms with Crippen LogP contribution in [0, 0.1) is 57.7 Å². The highest BCUT2D eigenvalue weighted by Gasteiger charge is 2.68. The van der Waals surface area contributed by atoms with Crippen LogP contribution in [0.15, 0.2) is 24.3 Å². The van der Waals surface area contributed by atoms with Crippen molar-refractivity contribution in [3.05, 3.63) is 35.4 Å². The van der Waals surface area contributed by atoms with Gasteiger partial charge in [-0.1, -0.05) is 45.0 Å². The van der Waals surface area contributed by atoms with E-state index in [0.717, 1.165) is 56.9 Å². The standard InChI is InChI=1S/C38H54N2O6/c1-23(7-14-34(43)44-6)29-12-13-30-35-31(20-33(37(29,30)5)46-25(3)42)36(4)15-16-38(17-18-39,27-10-8-26(22-40)9-11-27)21-28(36)19-32(35)45-24(2)41/h8-11,23,28-33,35H,7,12-17,19-22,40H2,1-6H3/t23-,28-,29-,30+,31+,32-,33+,35+,36+,37-,38+/m1/s1. The van der Waals surface area contributed by atoms with Gasteiger partial charge in [0.2, 0.25) is 0 Å². The van der Waals surface area contributed by atoms with Crippen molar-refractivity contribution in [1.29, 1.82) is 5.26 Å². The van der Waals surface area contributed by atoms with Crippen LogP contribution in [0.5, 0.6) is 0 Å². The van der Waals surface area contributed by atoms with Crippen LogP contribution >= 0.6 is 0 Å². The molecule has 4 fully saturated rings. The summed E-state index contributed by atoms with van der Waals surface area (Å²) in [6.45, 7) is 10.4. The Labute approximate surface area is 275 Å². The molecule has 1 aromatic rings. The highest BCUT2D eigenvalue weighted by molar-refractivity contribution is 5.69. The molecule has 46 heavy (non-hydrogen) atoms. The lowest BCUT2D eigenvalue weighted by molar-refractivity contribution is -0.222. The lowest BCUT2D eigenvalue weighted by Crippen LogP contribution is -2.64. The maximum Gasteiger partial charge on any atom is 0.305 e. The fourth-order valence-electron chi connectivity index (χ4n) is 11.2. The van der Waals surface area contributed by atoms with Gasteiger partial charge in [-0.2, -0.15) is 5.26 Å². The number of nitrogens with two attached hydrogens (primary N) is 1. The molecular weight excluding hydrogens is 580 g/mol. The quantitative estimate of drug-likeness (QED) is 0.237. The van der Waals surface area contributed by atoms with Crippen LogP contribution in [0.3, 0.4) is 0 Å². The smallest absolute Gasteiger partial charge is 0.305 e. The molecular formula is C38H54N2O6. The minimum absolute atomic E-state index is 0.0498. The van der Waals surface area contributed by atoms with Crippen molar-refractivity contribution in [3.63, 3.8) is 0 Å². The molecule has 2 N–H and O–H groups in total. The minimum Gasteiger partial charge on any atom is -0.469 e. The van der Waals surface area contributed by atoms with Gasteiger partial charge in [-0.25, -0.2) is 0 Å². The van der Waals surface area contributed by atoms with Crippen molar-refractivity contribution in [2.75, 3.05) is 7.11 Å². The Balaban J connectivity index is 1.52. The first kappa shape index (κ1) is 34.4. The molecule has 5 rings (SSSR count). The molecule has 1 aromatic carbocycles. The molecule has 0 aromatic heterocycles. The number of esters is 3. The number of nitrogens with zero attached hydrogens (tertiary/aromatic N) is 1. The van der Waals surface area contributed by atoms with Gasteiger partial charge in [-0.05, 0) is 97.5 Å². The molecule has 4 saturated carbocycles. The van der Waals surface area contributed by atoms with E-state index in [-0.39, 0.29) is 81.9 Å². The Morgan fingerprint density at radius 2 is 1.72 bits per heavy atom. The second kappa shape index (κ2) is 13.3. The predicted octanol–water partition coefficient (Wildman–Crippen LogP) is 6.63. The van der Waals surface area contributed by atoms with E-state index in [0.29, 0.717) is 19.4 Å².